The largest absolute Gasteiger partial charge is 0.355 e. The Hall–Kier alpha value is -2.03. The maximum atomic E-state index is 3.98. The Bertz CT molecular complexity index is 475. The Morgan fingerprint density at radius 2 is 2.20 bits per heavy atom. The summed E-state index contributed by atoms with van der Waals surface area (Å²) >= 11 is 0. The van der Waals surface area contributed by atoms with Crippen LogP contribution in [-0.2, 0) is 0 Å². The van der Waals surface area contributed by atoms with Crippen LogP contribution in [0, 0.1) is 0 Å². The van der Waals surface area contributed by atoms with E-state index in [0.29, 0.717) is 0 Å². The van der Waals surface area contributed by atoms with E-state index in [1.54, 1.807) is 12.3 Å². The molecule has 0 saturated heterocycles. The zero-order chi connectivity index (χ0) is 10.8. The molecular formula is C12H13N3. The van der Waals surface area contributed by atoms with Crippen molar-refractivity contribution >= 4 is 17.9 Å². The van der Waals surface area contributed by atoms with Gasteiger partial charge >= 0.3 is 0 Å². The lowest BCUT2D eigenvalue weighted by molar-refractivity contribution is 0.920. The summed E-state index contributed by atoms with van der Waals surface area (Å²) in [4.78, 5) is 3.25. The number of hydrazone groups is 1. The molecule has 0 fully saturated rings. The van der Waals surface area contributed by atoms with Gasteiger partial charge < -0.3 is 4.98 Å². The summed E-state index contributed by atoms with van der Waals surface area (Å²) in [6.45, 7) is 9.66. The minimum Gasteiger partial charge on any atom is -0.355 e. The van der Waals surface area contributed by atoms with Gasteiger partial charge in [0, 0.05) is 17.0 Å². The molecule has 0 aliphatic carbocycles. The molecule has 2 N–H and O–H groups in total. The molecule has 1 aromatic heterocycles. The number of aromatic amines is 1. The number of H-pyrrole nitrogens is 1. The van der Waals surface area contributed by atoms with Gasteiger partial charge in [-0.15, -0.1) is 0 Å². The van der Waals surface area contributed by atoms with Crippen LogP contribution in [-0.4, -0.2) is 11.2 Å². The van der Waals surface area contributed by atoms with Crippen molar-refractivity contribution in [3.8, 4) is 0 Å². The van der Waals surface area contributed by atoms with Gasteiger partial charge in [-0.05, 0) is 30.7 Å². The van der Waals surface area contributed by atoms with Gasteiger partial charge in [-0.1, -0.05) is 13.2 Å². The van der Waals surface area contributed by atoms with Gasteiger partial charge in [-0.3, -0.25) is 5.43 Å². The average Bonchev–Trinajstić information content (AvgIpc) is 2.66. The predicted octanol–water partition coefficient (Wildman–Crippen LogP) is 2.53. The van der Waals surface area contributed by atoms with Crippen molar-refractivity contribution in [2.24, 2.45) is 5.10 Å². The summed E-state index contributed by atoms with van der Waals surface area (Å²) < 4.78 is 0. The van der Waals surface area contributed by atoms with E-state index in [1.807, 2.05) is 19.1 Å². The van der Waals surface area contributed by atoms with Gasteiger partial charge in [-0.2, -0.15) is 5.10 Å². The summed E-state index contributed by atoms with van der Waals surface area (Å²) in [5, 5.41) is 3.98. The fraction of sp³-hybridized carbons (Fsp3) is 0.0833. The molecule has 0 aromatic carbocycles. The number of hydrogen-bond donors (Lipinski definition) is 2. The van der Waals surface area contributed by atoms with Gasteiger partial charge in [0.15, 0.2) is 0 Å². The molecule has 3 nitrogen and oxygen atoms in total. The minimum absolute atomic E-state index is 0.812. The fourth-order valence-electron chi connectivity index (χ4n) is 1.62. The predicted molar refractivity (Wildman–Crippen MR) is 64.2 cm³/mol. The van der Waals surface area contributed by atoms with Crippen LogP contribution in [0.5, 0.6) is 0 Å². The molecule has 1 aliphatic heterocycles. The highest BCUT2D eigenvalue weighted by atomic mass is 15.3. The molecule has 2 heterocycles. The van der Waals surface area contributed by atoms with Crippen molar-refractivity contribution in [1.29, 1.82) is 0 Å². The van der Waals surface area contributed by atoms with Crippen molar-refractivity contribution < 1.29 is 0 Å². The summed E-state index contributed by atoms with van der Waals surface area (Å²) in [6.07, 6.45) is 3.57. The molecule has 76 valence electrons. The Labute approximate surface area is 88.9 Å². The zero-order valence-electron chi connectivity index (χ0n) is 8.67. The molecule has 0 bridgehead atoms. The number of allylic oxidation sites excluding steroid dienone is 2. The third kappa shape index (κ3) is 1.64. The van der Waals surface area contributed by atoms with E-state index < -0.39 is 0 Å². The SMILES string of the molecule is C=Cc1ccc(C2=C(C)C=NNC2=C)[nH]1. The van der Waals surface area contributed by atoms with E-state index in [0.717, 1.165) is 28.2 Å². The highest BCUT2D eigenvalue weighted by Crippen LogP contribution is 2.25. The van der Waals surface area contributed by atoms with Crippen molar-refractivity contribution in [3.05, 3.63) is 47.9 Å². The second kappa shape index (κ2) is 3.61. The Balaban J connectivity index is 2.48. The summed E-state index contributed by atoms with van der Waals surface area (Å²) in [6, 6.07) is 4.00. The number of hydrogen-bond acceptors (Lipinski definition) is 2. The lowest BCUT2D eigenvalue weighted by atomic mass is 10.0. The third-order valence-corrected chi connectivity index (χ3v) is 2.35. The van der Waals surface area contributed by atoms with Crippen molar-refractivity contribution in [1.82, 2.24) is 10.4 Å². The van der Waals surface area contributed by atoms with Crippen LogP contribution in [0.15, 0.2) is 41.7 Å². The summed E-state index contributed by atoms with van der Waals surface area (Å²) in [7, 11) is 0. The Morgan fingerprint density at radius 3 is 2.80 bits per heavy atom. The van der Waals surface area contributed by atoms with E-state index in [9.17, 15) is 0 Å². The zero-order valence-corrected chi connectivity index (χ0v) is 8.67. The van der Waals surface area contributed by atoms with Gasteiger partial charge in [0.2, 0.25) is 0 Å². The second-order valence-electron chi connectivity index (χ2n) is 3.44. The molecule has 0 spiro atoms. The maximum absolute atomic E-state index is 3.98. The van der Waals surface area contributed by atoms with E-state index in [2.05, 4.69) is 28.7 Å². The molecule has 2 rings (SSSR count). The number of rotatable bonds is 2. The first-order valence-electron chi connectivity index (χ1n) is 4.73. The van der Waals surface area contributed by atoms with Crippen LogP contribution in [0.3, 0.4) is 0 Å². The molecule has 0 unspecified atom stereocenters. The van der Waals surface area contributed by atoms with E-state index >= 15 is 0 Å². The van der Waals surface area contributed by atoms with Gasteiger partial charge in [0.25, 0.3) is 0 Å². The topological polar surface area (TPSA) is 40.2 Å². The fourth-order valence-corrected chi connectivity index (χ4v) is 1.62. The van der Waals surface area contributed by atoms with Gasteiger partial charge in [-0.25, -0.2) is 0 Å². The Kier molecular flexibility index (Phi) is 2.29. The smallest absolute Gasteiger partial charge is 0.0586 e. The van der Waals surface area contributed by atoms with Crippen LogP contribution < -0.4 is 5.43 Å². The molecule has 1 aromatic rings. The van der Waals surface area contributed by atoms with Crippen LogP contribution in [0.1, 0.15) is 18.3 Å². The van der Waals surface area contributed by atoms with Crippen molar-refractivity contribution in [2.75, 3.05) is 0 Å². The number of aromatic nitrogens is 1. The lowest BCUT2D eigenvalue weighted by Gasteiger charge is -2.15. The van der Waals surface area contributed by atoms with E-state index in [1.165, 1.54) is 0 Å². The number of nitrogens with one attached hydrogen (secondary N) is 2. The molecule has 1 aliphatic rings. The monoisotopic (exact) mass is 199 g/mol. The van der Waals surface area contributed by atoms with Crippen molar-refractivity contribution in [2.45, 2.75) is 6.92 Å². The van der Waals surface area contributed by atoms with Crippen molar-refractivity contribution in [3.63, 3.8) is 0 Å². The highest BCUT2D eigenvalue weighted by molar-refractivity contribution is 5.96. The second-order valence-corrected chi connectivity index (χ2v) is 3.44. The normalized spacial score (nSPS) is 15.4. The van der Waals surface area contributed by atoms with Crippen LogP contribution in [0.4, 0.5) is 0 Å². The van der Waals surface area contributed by atoms with Crippen LogP contribution >= 0.6 is 0 Å². The van der Waals surface area contributed by atoms with E-state index in [-0.39, 0.29) is 0 Å². The van der Waals surface area contributed by atoms with Gasteiger partial charge in [0.1, 0.15) is 0 Å². The molecule has 15 heavy (non-hydrogen) atoms. The molecule has 3 heteroatoms. The molecule has 0 atom stereocenters. The Morgan fingerprint density at radius 1 is 1.40 bits per heavy atom. The van der Waals surface area contributed by atoms with Crippen LogP contribution in [0.2, 0.25) is 0 Å². The lowest BCUT2D eigenvalue weighted by Crippen LogP contribution is -2.13. The first-order chi connectivity index (χ1) is 7.22. The number of nitrogens with zero attached hydrogens (tertiary/aromatic N) is 1. The van der Waals surface area contributed by atoms with Gasteiger partial charge in [0.05, 0.1) is 11.9 Å². The van der Waals surface area contributed by atoms with Crippen LogP contribution in [0.25, 0.3) is 11.6 Å². The summed E-state index contributed by atoms with van der Waals surface area (Å²) in [5.74, 6) is 0. The molecule has 0 radical (unpaired) electrons. The standard InChI is InChI=1S/C12H13N3/c1-4-10-5-6-11(14-10)12-8(2)7-13-15-9(12)3/h4-7,14-15H,1,3H2,2H3. The minimum atomic E-state index is 0.812. The first-order valence-corrected chi connectivity index (χ1v) is 4.73. The summed E-state index contributed by atoms with van der Waals surface area (Å²) in [5.41, 5.74) is 7.87. The highest BCUT2D eigenvalue weighted by Gasteiger charge is 2.13. The quantitative estimate of drug-likeness (QED) is 0.755. The molecule has 0 amide bonds. The first kappa shape index (κ1) is 9.52. The maximum Gasteiger partial charge on any atom is 0.0586 e. The average molecular weight is 199 g/mol. The van der Waals surface area contributed by atoms with E-state index in [4.69, 9.17) is 0 Å². The molecular weight excluding hydrogens is 186 g/mol. The molecule has 0 saturated carbocycles. The third-order valence-electron chi connectivity index (χ3n) is 2.35.